The Morgan fingerprint density at radius 2 is 1.64 bits per heavy atom. The zero-order valence-electron chi connectivity index (χ0n) is 22.0. The number of anilines is 1. The second-order valence-corrected chi connectivity index (χ2v) is 11.7. The molecule has 0 aliphatic carbocycles. The molecule has 4 aromatic rings. The molecule has 2 atom stereocenters. The van der Waals surface area contributed by atoms with Crippen molar-refractivity contribution in [2.45, 2.75) is 25.9 Å². The minimum absolute atomic E-state index is 0.152. The highest BCUT2D eigenvalue weighted by Crippen LogP contribution is 2.43. The number of hydrogen-bond acceptors (Lipinski definition) is 5. The van der Waals surface area contributed by atoms with Crippen LogP contribution in [-0.4, -0.2) is 45.6 Å². The number of nitrogens with zero attached hydrogens (tertiary/aromatic N) is 2. The lowest BCUT2D eigenvalue weighted by Crippen LogP contribution is -2.36. The van der Waals surface area contributed by atoms with Gasteiger partial charge in [0.1, 0.15) is 23.0 Å². The second kappa shape index (κ2) is 10.1. The fourth-order valence-electron chi connectivity index (χ4n) is 5.36. The molecule has 39 heavy (non-hydrogen) atoms. The summed E-state index contributed by atoms with van der Waals surface area (Å²) in [7, 11) is -2.15. The van der Waals surface area contributed by atoms with Gasteiger partial charge in [-0.25, -0.2) is 17.2 Å². The number of amides is 1. The highest BCUT2D eigenvalue weighted by atomic mass is 32.2. The lowest BCUT2D eigenvalue weighted by Gasteiger charge is -2.33. The van der Waals surface area contributed by atoms with Gasteiger partial charge in [0.15, 0.2) is 0 Å². The average Bonchev–Trinajstić information content (AvgIpc) is 3.20. The number of hydrogen-bond donors (Lipinski definition) is 1. The summed E-state index contributed by atoms with van der Waals surface area (Å²) >= 11 is 0. The van der Waals surface area contributed by atoms with Gasteiger partial charge < -0.3 is 9.73 Å². The Kier molecular flexibility index (Phi) is 6.94. The van der Waals surface area contributed by atoms with Crippen LogP contribution in [-0.2, 0) is 10.0 Å². The number of carbonyl (C=O) groups is 1. The van der Waals surface area contributed by atoms with Crippen LogP contribution in [0.5, 0.6) is 0 Å². The second-order valence-electron chi connectivity index (χ2n) is 9.78. The summed E-state index contributed by atoms with van der Waals surface area (Å²) in [6.07, 6.45) is 1.16. The molecule has 7 nitrogen and oxygen atoms in total. The first kappa shape index (κ1) is 26.8. The highest BCUT2D eigenvalue weighted by molar-refractivity contribution is 7.92. The maximum Gasteiger partial charge on any atom is 0.255 e. The van der Waals surface area contributed by atoms with Gasteiger partial charge in [-0.3, -0.25) is 14.0 Å². The van der Waals surface area contributed by atoms with Crippen molar-refractivity contribution in [2.75, 3.05) is 30.7 Å². The number of sulfonamides is 1. The van der Waals surface area contributed by atoms with Crippen molar-refractivity contribution in [3.63, 3.8) is 0 Å². The molecule has 204 valence electrons. The molecule has 5 rings (SSSR count). The number of rotatable bonds is 5. The predicted octanol–water partition coefficient (Wildman–Crippen LogP) is 5.64. The summed E-state index contributed by atoms with van der Waals surface area (Å²) in [5.74, 6) is -0.869. The van der Waals surface area contributed by atoms with E-state index < -0.39 is 15.8 Å². The monoisotopic (exact) mass is 553 g/mol. The molecule has 1 aromatic heterocycles. The number of fused-ring (bicyclic) bond motifs is 2. The van der Waals surface area contributed by atoms with E-state index in [1.807, 2.05) is 19.9 Å². The first-order valence-electron chi connectivity index (χ1n) is 12.6. The van der Waals surface area contributed by atoms with Gasteiger partial charge in [0, 0.05) is 49.2 Å². The third-order valence-electron chi connectivity index (χ3n) is 7.43. The topological polar surface area (TPSA) is 82.9 Å². The van der Waals surface area contributed by atoms with Crippen molar-refractivity contribution in [3.05, 3.63) is 89.0 Å². The summed E-state index contributed by atoms with van der Waals surface area (Å²) in [6, 6.07) is 15.0. The molecule has 0 bridgehead atoms. The van der Waals surface area contributed by atoms with Crippen molar-refractivity contribution in [1.29, 1.82) is 0 Å². The number of halogens is 2. The molecule has 2 unspecified atom stereocenters. The molecular formula is C29H29F2N3O4S. The molecule has 0 spiro atoms. The number of carbonyl (C=O) groups excluding carboxylic acids is 1. The normalized spacial score (nSPS) is 17.1. The number of furan rings is 1. The molecular weight excluding hydrogens is 524 g/mol. The van der Waals surface area contributed by atoms with Gasteiger partial charge in [0.25, 0.3) is 5.91 Å². The summed E-state index contributed by atoms with van der Waals surface area (Å²) in [5.41, 5.74) is 3.20. The van der Waals surface area contributed by atoms with Crippen molar-refractivity contribution < 1.29 is 26.4 Å². The summed E-state index contributed by atoms with van der Waals surface area (Å²) in [5, 5.41) is 3.17. The smallest absolute Gasteiger partial charge is 0.255 e. The fourth-order valence-corrected chi connectivity index (χ4v) is 6.29. The van der Waals surface area contributed by atoms with Crippen molar-refractivity contribution >= 4 is 32.6 Å². The van der Waals surface area contributed by atoms with Crippen molar-refractivity contribution in [3.8, 4) is 11.3 Å². The molecule has 0 fully saturated rings. The van der Waals surface area contributed by atoms with Crippen LogP contribution in [0.1, 0.15) is 47.4 Å². The van der Waals surface area contributed by atoms with E-state index in [1.165, 1.54) is 47.8 Å². The van der Waals surface area contributed by atoms with E-state index in [0.29, 0.717) is 34.3 Å². The average molecular weight is 554 g/mol. The van der Waals surface area contributed by atoms with Gasteiger partial charge in [-0.15, -0.1) is 0 Å². The van der Waals surface area contributed by atoms with E-state index in [9.17, 15) is 22.0 Å². The third kappa shape index (κ3) is 4.90. The Hall–Kier alpha value is -3.76. The quantitative estimate of drug-likeness (QED) is 0.346. The van der Waals surface area contributed by atoms with E-state index in [-0.39, 0.29) is 41.7 Å². The van der Waals surface area contributed by atoms with E-state index >= 15 is 0 Å². The van der Waals surface area contributed by atoms with Gasteiger partial charge in [0.2, 0.25) is 10.0 Å². The fraction of sp³-hybridized carbons (Fsp3) is 0.276. The molecule has 3 aromatic carbocycles. The Morgan fingerprint density at radius 3 is 2.23 bits per heavy atom. The molecule has 0 saturated heterocycles. The largest absolute Gasteiger partial charge is 0.455 e. The lowest BCUT2D eigenvalue weighted by atomic mass is 9.97. The van der Waals surface area contributed by atoms with Gasteiger partial charge >= 0.3 is 0 Å². The van der Waals surface area contributed by atoms with Crippen LogP contribution in [0.3, 0.4) is 0 Å². The standard InChI is InChI=1S/C29H29F2N3O4S/c1-17(19-5-9-21(30)10-6-19)33-13-14-34(39(4,36)37)25-16-26-24(15-23(25)18(33)2)27(29(35)32-3)28(38-26)20-7-11-22(31)12-8-20/h5-12,15-18H,13-14H2,1-4H3,(H,32,35). The Morgan fingerprint density at radius 1 is 1.03 bits per heavy atom. The summed E-state index contributed by atoms with van der Waals surface area (Å²) in [4.78, 5) is 15.2. The molecule has 0 radical (unpaired) electrons. The van der Waals surface area contributed by atoms with E-state index in [2.05, 4.69) is 10.2 Å². The molecule has 1 aliphatic heterocycles. The first-order valence-corrected chi connectivity index (χ1v) is 14.4. The van der Waals surface area contributed by atoms with Crippen molar-refractivity contribution in [2.24, 2.45) is 0 Å². The van der Waals surface area contributed by atoms with Gasteiger partial charge in [0.05, 0.1) is 17.5 Å². The maximum atomic E-state index is 13.6. The Balaban J connectivity index is 1.72. The molecule has 1 aliphatic rings. The minimum Gasteiger partial charge on any atom is -0.455 e. The van der Waals surface area contributed by atoms with Crippen molar-refractivity contribution in [1.82, 2.24) is 10.2 Å². The SMILES string of the molecule is CNC(=O)c1c(-c2ccc(F)cc2)oc2cc3c(cc12)C(C)N(C(C)c1ccc(F)cc1)CCN3S(C)(=O)=O. The molecule has 1 amide bonds. The lowest BCUT2D eigenvalue weighted by molar-refractivity contribution is 0.0964. The van der Waals surface area contributed by atoms with Crippen LogP contribution < -0.4 is 9.62 Å². The van der Waals surface area contributed by atoms with Crippen LogP contribution in [0, 0.1) is 11.6 Å². The third-order valence-corrected chi connectivity index (χ3v) is 8.61. The molecule has 2 heterocycles. The van der Waals surface area contributed by atoms with Gasteiger partial charge in [-0.1, -0.05) is 12.1 Å². The minimum atomic E-state index is -3.66. The zero-order valence-corrected chi connectivity index (χ0v) is 22.9. The molecule has 0 saturated carbocycles. The maximum absolute atomic E-state index is 13.6. The molecule has 1 N–H and O–H groups in total. The molecule has 10 heteroatoms. The predicted molar refractivity (Wildman–Crippen MR) is 147 cm³/mol. The summed E-state index contributed by atoms with van der Waals surface area (Å²) < 4.78 is 60.6. The van der Waals surface area contributed by atoms with E-state index in [0.717, 1.165) is 11.8 Å². The van der Waals surface area contributed by atoms with Gasteiger partial charge in [-0.05, 0) is 67.4 Å². The van der Waals surface area contributed by atoms with Gasteiger partial charge in [-0.2, -0.15) is 0 Å². The van der Waals surface area contributed by atoms with Crippen LogP contribution in [0.4, 0.5) is 14.5 Å². The summed E-state index contributed by atoms with van der Waals surface area (Å²) in [6.45, 7) is 4.60. The number of benzene rings is 3. The Labute approximate surface area is 226 Å². The Bertz CT molecular complexity index is 1650. The van der Waals surface area contributed by atoms with Crippen LogP contribution in [0.15, 0.2) is 65.1 Å². The van der Waals surface area contributed by atoms with Crippen LogP contribution in [0.25, 0.3) is 22.3 Å². The van der Waals surface area contributed by atoms with E-state index in [4.69, 9.17) is 4.42 Å². The van der Waals surface area contributed by atoms with E-state index in [1.54, 1.807) is 18.2 Å². The highest BCUT2D eigenvalue weighted by Gasteiger charge is 2.34. The zero-order chi connectivity index (χ0) is 28.1. The van der Waals surface area contributed by atoms with Crippen LogP contribution >= 0.6 is 0 Å². The first-order chi connectivity index (χ1) is 18.5. The number of nitrogens with one attached hydrogen (secondary N) is 1. The van der Waals surface area contributed by atoms with Crippen LogP contribution in [0.2, 0.25) is 0 Å².